The van der Waals surface area contributed by atoms with Gasteiger partial charge in [-0.1, -0.05) is 109 Å². The van der Waals surface area contributed by atoms with Crippen molar-refractivity contribution in [3.8, 4) is 56.0 Å². The van der Waals surface area contributed by atoms with Crippen molar-refractivity contribution in [2.24, 2.45) is 0 Å². The van der Waals surface area contributed by atoms with Crippen LogP contribution < -0.4 is 4.74 Å². The van der Waals surface area contributed by atoms with Crippen LogP contribution in [0.5, 0.6) is 11.5 Å². The van der Waals surface area contributed by atoms with Crippen LogP contribution in [0.3, 0.4) is 0 Å². The van der Waals surface area contributed by atoms with Crippen molar-refractivity contribution in [3.63, 3.8) is 0 Å². The standard InChI is InChI=1S/C40H24OS/c1-2-13-28(29-14-3-4-15-30(29)32-18-10-22-38-40(32)33-17-6-8-21-37(33)42-38)27(12-1)26-23-25-11-9-20-36-39(25)34(24-26)31-16-5-7-19-35(31)41-36/h1-24H. The molecule has 0 radical (unpaired) electrons. The van der Waals surface area contributed by atoms with Gasteiger partial charge in [0.25, 0.3) is 0 Å². The molecule has 0 saturated heterocycles. The summed E-state index contributed by atoms with van der Waals surface area (Å²) in [5.41, 5.74) is 9.78. The van der Waals surface area contributed by atoms with E-state index in [4.69, 9.17) is 4.74 Å². The normalized spacial score (nSPS) is 12.0. The number of ether oxygens (including phenoxy) is 1. The van der Waals surface area contributed by atoms with Crippen LogP contribution in [-0.2, 0) is 0 Å². The van der Waals surface area contributed by atoms with Gasteiger partial charge in [0, 0.05) is 31.1 Å². The minimum Gasteiger partial charge on any atom is -0.456 e. The average Bonchev–Trinajstić information content (AvgIpc) is 3.44. The van der Waals surface area contributed by atoms with Crippen molar-refractivity contribution in [1.82, 2.24) is 0 Å². The van der Waals surface area contributed by atoms with Crippen LogP contribution in [0.4, 0.5) is 0 Å². The maximum Gasteiger partial charge on any atom is 0.135 e. The van der Waals surface area contributed by atoms with Crippen LogP contribution in [0, 0.1) is 0 Å². The van der Waals surface area contributed by atoms with E-state index >= 15 is 0 Å². The molecule has 8 aromatic rings. The lowest BCUT2D eigenvalue weighted by Gasteiger charge is -2.23. The van der Waals surface area contributed by atoms with Crippen molar-refractivity contribution >= 4 is 42.3 Å². The molecule has 9 rings (SSSR count). The fourth-order valence-corrected chi connectivity index (χ4v) is 7.80. The minimum absolute atomic E-state index is 0.907. The van der Waals surface area contributed by atoms with Gasteiger partial charge in [-0.3, -0.25) is 0 Å². The van der Waals surface area contributed by atoms with E-state index in [2.05, 4.69) is 140 Å². The fraction of sp³-hybridized carbons (Fsp3) is 0. The lowest BCUT2D eigenvalue weighted by atomic mass is 9.86. The summed E-state index contributed by atoms with van der Waals surface area (Å²) in [6.07, 6.45) is 0. The third-order valence-corrected chi connectivity index (χ3v) is 9.62. The Morgan fingerprint density at radius 3 is 1.83 bits per heavy atom. The summed E-state index contributed by atoms with van der Waals surface area (Å²) in [4.78, 5) is 0. The van der Waals surface area contributed by atoms with Crippen LogP contribution in [0.15, 0.2) is 146 Å². The number of fused-ring (bicyclic) bond motifs is 5. The molecule has 1 aliphatic rings. The van der Waals surface area contributed by atoms with Gasteiger partial charge in [0.05, 0.1) is 0 Å². The molecular weight excluding hydrogens is 529 g/mol. The zero-order chi connectivity index (χ0) is 27.6. The molecule has 2 heterocycles. The van der Waals surface area contributed by atoms with Gasteiger partial charge < -0.3 is 4.74 Å². The molecule has 196 valence electrons. The van der Waals surface area contributed by atoms with E-state index in [0.717, 1.165) is 17.1 Å². The smallest absolute Gasteiger partial charge is 0.135 e. The first-order valence-corrected chi connectivity index (χ1v) is 15.1. The Morgan fingerprint density at radius 1 is 0.381 bits per heavy atom. The molecule has 0 bridgehead atoms. The SMILES string of the molecule is c1ccc2c(c1)Oc1cccc3cc(-c4ccccc4-c4ccccc4-c4cccc5sc6ccccc6c45)cc-2c13. The van der Waals surface area contributed by atoms with Gasteiger partial charge in [-0.25, -0.2) is 0 Å². The van der Waals surface area contributed by atoms with Gasteiger partial charge in [-0.2, -0.15) is 0 Å². The van der Waals surface area contributed by atoms with Crippen LogP contribution in [0.1, 0.15) is 0 Å². The van der Waals surface area contributed by atoms with Gasteiger partial charge in [-0.05, 0) is 80.7 Å². The van der Waals surface area contributed by atoms with Gasteiger partial charge in [0.1, 0.15) is 11.5 Å². The van der Waals surface area contributed by atoms with Crippen molar-refractivity contribution in [3.05, 3.63) is 146 Å². The highest BCUT2D eigenvalue weighted by Crippen LogP contribution is 2.49. The number of para-hydroxylation sites is 1. The quantitative estimate of drug-likeness (QED) is 0.212. The summed E-state index contributed by atoms with van der Waals surface area (Å²) in [5.74, 6) is 1.83. The highest BCUT2D eigenvalue weighted by Gasteiger charge is 2.22. The number of thiophene rings is 1. The largest absolute Gasteiger partial charge is 0.456 e. The van der Waals surface area contributed by atoms with E-state index in [0.29, 0.717) is 0 Å². The Labute approximate surface area is 247 Å². The van der Waals surface area contributed by atoms with Crippen LogP contribution in [-0.4, -0.2) is 0 Å². The number of hydrogen-bond acceptors (Lipinski definition) is 2. The number of hydrogen-bond donors (Lipinski definition) is 0. The van der Waals surface area contributed by atoms with Crippen LogP contribution in [0.25, 0.3) is 75.5 Å². The molecule has 0 amide bonds. The molecule has 7 aromatic carbocycles. The summed E-state index contributed by atoms with van der Waals surface area (Å²) < 4.78 is 8.96. The fourth-order valence-electron chi connectivity index (χ4n) is 6.66. The van der Waals surface area contributed by atoms with Crippen molar-refractivity contribution in [2.75, 3.05) is 0 Å². The van der Waals surface area contributed by atoms with Crippen molar-refractivity contribution < 1.29 is 4.74 Å². The summed E-state index contributed by atoms with van der Waals surface area (Å²) in [5, 5.41) is 5.02. The molecule has 1 aromatic heterocycles. The molecule has 0 N–H and O–H groups in total. The number of rotatable bonds is 3. The van der Waals surface area contributed by atoms with Crippen molar-refractivity contribution in [2.45, 2.75) is 0 Å². The van der Waals surface area contributed by atoms with Crippen LogP contribution in [0.2, 0.25) is 0 Å². The van der Waals surface area contributed by atoms with E-state index < -0.39 is 0 Å². The monoisotopic (exact) mass is 552 g/mol. The second-order valence-corrected chi connectivity index (χ2v) is 11.9. The maximum absolute atomic E-state index is 6.31. The van der Waals surface area contributed by atoms with E-state index in [1.54, 1.807) is 0 Å². The summed E-state index contributed by atoms with van der Waals surface area (Å²) in [7, 11) is 0. The van der Waals surface area contributed by atoms with Crippen LogP contribution >= 0.6 is 11.3 Å². The first-order valence-electron chi connectivity index (χ1n) is 14.3. The van der Waals surface area contributed by atoms with E-state index in [1.807, 2.05) is 17.4 Å². The molecule has 1 nitrogen and oxygen atoms in total. The Bertz CT molecular complexity index is 2340. The zero-order valence-corrected chi connectivity index (χ0v) is 23.5. The number of benzene rings is 7. The zero-order valence-electron chi connectivity index (χ0n) is 22.7. The predicted octanol–water partition coefficient (Wildman–Crippen LogP) is 12.0. The topological polar surface area (TPSA) is 9.23 Å². The molecule has 0 spiro atoms. The molecular formula is C40H24OS. The summed E-state index contributed by atoms with van der Waals surface area (Å²) in [6, 6.07) is 52.5. The highest BCUT2D eigenvalue weighted by molar-refractivity contribution is 7.25. The molecule has 1 aliphatic heterocycles. The second-order valence-electron chi connectivity index (χ2n) is 10.8. The first kappa shape index (κ1) is 23.5. The lowest BCUT2D eigenvalue weighted by molar-refractivity contribution is 0.487. The van der Waals surface area contributed by atoms with E-state index in [1.165, 1.54) is 69.9 Å². The second kappa shape index (κ2) is 9.17. The molecule has 0 fully saturated rings. The third-order valence-electron chi connectivity index (χ3n) is 8.48. The first-order chi connectivity index (χ1) is 20.8. The molecule has 2 heteroatoms. The van der Waals surface area contributed by atoms with Crippen molar-refractivity contribution in [1.29, 1.82) is 0 Å². The van der Waals surface area contributed by atoms with Gasteiger partial charge in [-0.15, -0.1) is 11.3 Å². The average molecular weight is 553 g/mol. The Morgan fingerprint density at radius 2 is 0.976 bits per heavy atom. The summed E-state index contributed by atoms with van der Waals surface area (Å²) in [6.45, 7) is 0. The molecule has 0 unspecified atom stereocenters. The van der Waals surface area contributed by atoms with Gasteiger partial charge in [0.15, 0.2) is 0 Å². The van der Waals surface area contributed by atoms with E-state index in [-0.39, 0.29) is 0 Å². The predicted molar refractivity (Wildman–Crippen MR) is 179 cm³/mol. The maximum atomic E-state index is 6.31. The highest BCUT2D eigenvalue weighted by atomic mass is 32.1. The molecule has 42 heavy (non-hydrogen) atoms. The Hall–Kier alpha value is -5.18. The minimum atomic E-state index is 0.907. The van der Waals surface area contributed by atoms with Gasteiger partial charge >= 0.3 is 0 Å². The molecule has 0 atom stereocenters. The summed E-state index contributed by atoms with van der Waals surface area (Å²) >= 11 is 1.87. The Kier molecular flexibility index (Phi) is 5.13. The molecule has 0 saturated carbocycles. The Balaban J connectivity index is 1.30. The third kappa shape index (κ3) is 3.49. The van der Waals surface area contributed by atoms with E-state index in [9.17, 15) is 0 Å². The molecule has 0 aliphatic carbocycles. The van der Waals surface area contributed by atoms with Gasteiger partial charge in [0.2, 0.25) is 0 Å². The lowest BCUT2D eigenvalue weighted by Crippen LogP contribution is -1.97.